The number of fused-ring (bicyclic) bond motifs is 2. The summed E-state index contributed by atoms with van der Waals surface area (Å²) in [6.45, 7) is 1.19. The Bertz CT molecular complexity index is 1240. The lowest BCUT2D eigenvalue weighted by molar-refractivity contribution is 0.0728. The van der Waals surface area contributed by atoms with E-state index in [9.17, 15) is 4.79 Å². The molecule has 1 aromatic carbocycles. The van der Waals surface area contributed by atoms with E-state index in [2.05, 4.69) is 28.3 Å². The molecule has 0 atom stereocenters. The Kier molecular flexibility index (Phi) is 4.49. The third kappa shape index (κ3) is 3.37. The average Bonchev–Trinajstić information content (AvgIpc) is 3.17. The zero-order valence-electron chi connectivity index (χ0n) is 15.3. The van der Waals surface area contributed by atoms with E-state index in [-0.39, 0.29) is 5.91 Å². The average molecular weight is 423 g/mol. The van der Waals surface area contributed by atoms with E-state index in [1.54, 1.807) is 29.0 Å². The molecule has 1 amide bonds. The maximum absolute atomic E-state index is 13.1. The Balaban J connectivity index is 1.44. The van der Waals surface area contributed by atoms with Crippen molar-refractivity contribution < 1.29 is 4.79 Å². The lowest BCUT2D eigenvalue weighted by Crippen LogP contribution is -2.36. The first-order valence-corrected chi connectivity index (χ1v) is 10.0. The van der Waals surface area contributed by atoms with Crippen molar-refractivity contribution in [3.63, 3.8) is 0 Å². The smallest absolute Gasteiger partial charge is 0.274 e. The van der Waals surface area contributed by atoms with Gasteiger partial charge in [0.2, 0.25) is 0 Å². The summed E-state index contributed by atoms with van der Waals surface area (Å²) in [6, 6.07) is 15.6. The van der Waals surface area contributed by atoms with Crippen LogP contribution in [0.2, 0.25) is 10.0 Å². The molecule has 0 fully saturated rings. The SMILES string of the molecule is O=C(c1cc2c(Cl)cc(Cl)cn2n1)N1CCc2ccc(-c3ccccn3)cc2C1. The summed E-state index contributed by atoms with van der Waals surface area (Å²) in [7, 11) is 0. The molecule has 0 saturated heterocycles. The molecule has 0 spiro atoms. The van der Waals surface area contributed by atoms with Gasteiger partial charge in [-0.1, -0.05) is 41.4 Å². The molecular weight excluding hydrogens is 407 g/mol. The van der Waals surface area contributed by atoms with Crippen molar-refractivity contribution in [2.75, 3.05) is 6.54 Å². The molecule has 3 aromatic heterocycles. The van der Waals surface area contributed by atoms with Crippen molar-refractivity contribution in [1.82, 2.24) is 19.5 Å². The molecule has 29 heavy (non-hydrogen) atoms. The van der Waals surface area contributed by atoms with Crippen molar-refractivity contribution in [2.45, 2.75) is 13.0 Å². The van der Waals surface area contributed by atoms with Crippen molar-refractivity contribution in [3.8, 4) is 11.3 Å². The van der Waals surface area contributed by atoms with Gasteiger partial charge in [-0.2, -0.15) is 5.10 Å². The molecule has 5 nitrogen and oxygen atoms in total. The highest BCUT2D eigenvalue weighted by Gasteiger charge is 2.24. The fourth-order valence-electron chi connectivity index (χ4n) is 3.71. The zero-order chi connectivity index (χ0) is 20.0. The van der Waals surface area contributed by atoms with Crippen LogP contribution in [0.5, 0.6) is 0 Å². The maximum atomic E-state index is 13.1. The number of rotatable bonds is 2. The van der Waals surface area contributed by atoms with E-state index in [4.69, 9.17) is 23.2 Å². The van der Waals surface area contributed by atoms with Gasteiger partial charge in [-0.25, -0.2) is 4.52 Å². The van der Waals surface area contributed by atoms with E-state index in [1.165, 1.54) is 5.56 Å². The number of hydrogen-bond donors (Lipinski definition) is 0. The second-order valence-corrected chi connectivity index (χ2v) is 7.88. The molecule has 0 saturated carbocycles. The number of aromatic nitrogens is 3. The van der Waals surface area contributed by atoms with Crippen molar-refractivity contribution >= 4 is 34.6 Å². The minimum Gasteiger partial charge on any atom is -0.333 e. The normalized spacial score (nSPS) is 13.5. The predicted octanol–water partition coefficient (Wildman–Crippen LogP) is 4.90. The fourth-order valence-corrected chi connectivity index (χ4v) is 4.23. The summed E-state index contributed by atoms with van der Waals surface area (Å²) in [5.41, 5.74) is 5.39. The lowest BCUT2D eigenvalue weighted by Gasteiger charge is -2.28. The van der Waals surface area contributed by atoms with Crippen LogP contribution < -0.4 is 0 Å². The molecule has 0 N–H and O–H groups in total. The van der Waals surface area contributed by atoms with Crippen LogP contribution in [-0.4, -0.2) is 31.9 Å². The third-order valence-corrected chi connectivity index (χ3v) is 5.69. The summed E-state index contributed by atoms with van der Waals surface area (Å²) in [5.74, 6) is -0.116. The summed E-state index contributed by atoms with van der Waals surface area (Å²) in [6.07, 6.45) is 4.24. The van der Waals surface area contributed by atoms with Gasteiger partial charge < -0.3 is 4.90 Å². The summed E-state index contributed by atoms with van der Waals surface area (Å²) in [5, 5.41) is 5.31. The van der Waals surface area contributed by atoms with Crippen molar-refractivity contribution in [2.24, 2.45) is 0 Å². The van der Waals surface area contributed by atoms with E-state index >= 15 is 0 Å². The Morgan fingerprint density at radius 3 is 2.76 bits per heavy atom. The molecule has 1 aliphatic rings. The number of carbonyl (C=O) groups is 1. The molecule has 4 heterocycles. The summed E-state index contributed by atoms with van der Waals surface area (Å²) in [4.78, 5) is 19.3. The van der Waals surface area contributed by atoms with E-state index in [0.717, 1.165) is 23.2 Å². The Morgan fingerprint density at radius 1 is 1.03 bits per heavy atom. The van der Waals surface area contributed by atoms with Crippen LogP contribution in [0.25, 0.3) is 16.8 Å². The van der Waals surface area contributed by atoms with Crippen LogP contribution in [0.4, 0.5) is 0 Å². The Hall–Kier alpha value is -2.89. The van der Waals surface area contributed by atoms with Crippen LogP contribution in [0.1, 0.15) is 21.6 Å². The topological polar surface area (TPSA) is 50.5 Å². The Labute approximate surface area is 177 Å². The van der Waals surface area contributed by atoms with Crippen LogP contribution in [0.15, 0.2) is 60.9 Å². The van der Waals surface area contributed by atoms with E-state index < -0.39 is 0 Å². The van der Waals surface area contributed by atoms with Crippen LogP contribution in [0.3, 0.4) is 0 Å². The molecule has 5 rings (SSSR count). The van der Waals surface area contributed by atoms with Crippen molar-refractivity contribution in [1.29, 1.82) is 0 Å². The fraction of sp³-hybridized carbons (Fsp3) is 0.136. The van der Waals surface area contributed by atoms with Gasteiger partial charge in [0.1, 0.15) is 0 Å². The first-order chi connectivity index (χ1) is 14.1. The molecule has 4 aromatic rings. The van der Waals surface area contributed by atoms with E-state index in [1.807, 2.05) is 23.1 Å². The molecule has 144 valence electrons. The lowest BCUT2D eigenvalue weighted by atomic mass is 9.96. The zero-order valence-corrected chi connectivity index (χ0v) is 16.9. The number of amides is 1. The van der Waals surface area contributed by atoms with Crippen LogP contribution in [0, 0.1) is 0 Å². The maximum Gasteiger partial charge on any atom is 0.274 e. The van der Waals surface area contributed by atoms with Crippen LogP contribution >= 0.6 is 23.2 Å². The van der Waals surface area contributed by atoms with Gasteiger partial charge in [-0.05, 0) is 47.9 Å². The Morgan fingerprint density at radius 2 is 1.93 bits per heavy atom. The quantitative estimate of drug-likeness (QED) is 0.461. The number of nitrogens with zero attached hydrogens (tertiary/aromatic N) is 4. The number of hydrogen-bond acceptors (Lipinski definition) is 3. The number of halogens is 2. The minimum absolute atomic E-state index is 0.116. The first-order valence-electron chi connectivity index (χ1n) is 9.25. The van der Waals surface area contributed by atoms with Crippen LogP contribution in [-0.2, 0) is 13.0 Å². The second-order valence-electron chi connectivity index (χ2n) is 7.04. The van der Waals surface area contributed by atoms with Gasteiger partial charge in [-0.3, -0.25) is 9.78 Å². The molecule has 0 unspecified atom stereocenters. The third-order valence-electron chi connectivity index (χ3n) is 5.18. The predicted molar refractivity (Wildman–Crippen MR) is 113 cm³/mol. The van der Waals surface area contributed by atoms with Crippen molar-refractivity contribution in [3.05, 3.63) is 87.8 Å². The van der Waals surface area contributed by atoms with Gasteiger partial charge in [0.15, 0.2) is 5.69 Å². The molecule has 0 bridgehead atoms. The van der Waals surface area contributed by atoms with Gasteiger partial charge in [0.05, 0.1) is 21.3 Å². The molecule has 0 aliphatic carbocycles. The highest BCUT2D eigenvalue weighted by molar-refractivity contribution is 6.36. The standard InChI is InChI=1S/C22H16Cl2N4O/c23-17-10-18(24)21-11-20(26-28(21)13-17)22(29)27-8-6-14-4-5-15(9-16(14)12-27)19-3-1-2-7-25-19/h1-5,7,9-11,13H,6,8,12H2. The van der Waals surface area contributed by atoms with Gasteiger partial charge >= 0.3 is 0 Å². The summed E-state index contributed by atoms with van der Waals surface area (Å²) < 4.78 is 1.55. The monoisotopic (exact) mass is 422 g/mol. The number of benzene rings is 1. The van der Waals surface area contributed by atoms with Gasteiger partial charge in [-0.15, -0.1) is 0 Å². The number of pyridine rings is 2. The van der Waals surface area contributed by atoms with Gasteiger partial charge in [0.25, 0.3) is 5.91 Å². The highest BCUT2D eigenvalue weighted by Crippen LogP contribution is 2.27. The molecule has 7 heteroatoms. The summed E-state index contributed by atoms with van der Waals surface area (Å²) >= 11 is 12.3. The molecule has 0 radical (unpaired) electrons. The van der Waals surface area contributed by atoms with Gasteiger partial charge in [0, 0.05) is 31.0 Å². The highest BCUT2D eigenvalue weighted by atomic mass is 35.5. The molecular formula is C22H16Cl2N4O. The second kappa shape index (κ2) is 7.17. The van der Waals surface area contributed by atoms with E-state index in [0.29, 0.717) is 34.3 Å². The molecule has 1 aliphatic heterocycles. The first kappa shape index (κ1) is 18.2. The largest absolute Gasteiger partial charge is 0.333 e. The minimum atomic E-state index is -0.116. The number of carbonyl (C=O) groups excluding carboxylic acids is 1.